The number of carboxylic acid groups (broad SMARTS) is 1. The summed E-state index contributed by atoms with van der Waals surface area (Å²) in [5, 5.41) is 25.0. The molecule has 162 valence electrons. The Hall–Kier alpha value is -3.29. The lowest BCUT2D eigenvalue weighted by Crippen LogP contribution is -2.72. The molecule has 0 spiro atoms. The van der Waals surface area contributed by atoms with E-state index >= 15 is 0 Å². The fourth-order valence-corrected chi connectivity index (χ4v) is 3.69. The Kier molecular flexibility index (Phi) is 6.30. The number of anilines is 1. The molecule has 16 heteroatoms. The number of nitrogens with one attached hydrogen (secondary N) is 1. The maximum absolute atomic E-state index is 12.7. The van der Waals surface area contributed by atoms with E-state index in [0.717, 1.165) is 11.3 Å². The van der Waals surface area contributed by atoms with Crippen LogP contribution in [-0.2, 0) is 29.5 Å². The highest BCUT2D eigenvalue weighted by Crippen LogP contribution is 2.26. The highest BCUT2D eigenvalue weighted by Gasteiger charge is 2.54. The molecule has 2 amide bonds. The van der Waals surface area contributed by atoms with Crippen LogP contribution >= 0.6 is 11.3 Å². The molecule has 1 fully saturated rings. The van der Waals surface area contributed by atoms with Crippen LogP contribution in [0.15, 0.2) is 10.5 Å². The Morgan fingerprint density at radius 3 is 2.63 bits per heavy atom. The Morgan fingerprint density at radius 2 is 2.17 bits per heavy atom. The van der Waals surface area contributed by atoms with E-state index in [-0.39, 0.29) is 15.1 Å². The normalized spacial score (nSPS) is 19.6. The molecule has 14 nitrogen and oxygen atoms in total. The standard InChI is InChI=1S/C14H16N6O8S2/c1-14(2,12(23)24)28-19-8(6-5-29-13(16)17-6)10(21)18-9-7(3-4-15)20(11(9)22)30(25,26)27/h5,7,9H,3H2,1-2H3,(H2,16,17)(H,18,21)(H,23,24)(H,25,26,27)/t7-,9+/m0/s1. The number of rotatable bonds is 8. The van der Waals surface area contributed by atoms with Crippen molar-refractivity contribution < 1.29 is 37.3 Å². The predicted molar refractivity (Wildman–Crippen MR) is 100 cm³/mol. The van der Waals surface area contributed by atoms with Gasteiger partial charge in [-0.15, -0.1) is 11.3 Å². The minimum Gasteiger partial charge on any atom is -0.478 e. The second-order valence-corrected chi connectivity index (χ2v) is 8.59. The molecular weight excluding hydrogens is 444 g/mol. The van der Waals surface area contributed by atoms with E-state index in [2.05, 4.69) is 15.5 Å². The minimum atomic E-state index is -4.93. The van der Waals surface area contributed by atoms with Crippen LogP contribution in [0.4, 0.5) is 5.13 Å². The molecule has 1 aromatic rings. The molecule has 0 unspecified atom stereocenters. The van der Waals surface area contributed by atoms with Crippen LogP contribution in [0.5, 0.6) is 0 Å². The number of nitrogens with two attached hydrogens (primary N) is 1. The van der Waals surface area contributed by atoms with E-state index in [9.17, 15) is 22.8 Å². The second kappa shape index (κ2) is 8.22. The number of thiazole rings is 1. The number of nitrogen functional groups attached to an aromatic ring is 1. The fraction of sp³-hybridized carbons (Fsp3) is 0.429. The Labute approximate surface area is 173 Å². The number of hydrogen-bond acceptors (Lipinski definition) is 11. The van der Waals surface area contributed by atoms with Crippen molar-refractivity contribution in [1.29, 1.82) is 5.26 Å². The predicted octanol–water partition coefficient (Wildman–Crippen LogP) is -1.28. The summed E-state index contributed by atoms with van der Waals surface area (Å²) in [6.45, 7) is 2.35. The first-order chi connectivity index (χ1) is 13.8. The van der Waals surface area contributed by atoms with Crippen LogP contribution in [0.2, 0.25) is 0 Å². The smallest absolute Gasteiger partial charge is 0.362 e. The van der Waals surface area contributed by atoms with E-state index < -0.39 is 57.9 Å². The van der Waals surface area contributed by atoms with E-state index in [1.54, 1.807) is 6.07 Å². The first-order valence-corrected chi connectivity index (χ1v) is 10.3. The van der Waals surface area contributed by atoms with Gasteiger partial charge in [0.05, 0.1) is 18.5 Å². The molecule has 0 aliphatic carbocycles. The molecule has 30 heavy (non-hydrogen) atoms. The third-order valence-corrected chi connectivity index (χ3v) is 5.49. The monoisotopic (exact) mass is 460 g/mol. The Morgan fingerprint density at radius 1 is 1.53 bits per heavy atom. The van der Waals surface area contributed by atoms with Gasteiger partial charge in [0, 0.05) is 5.38 Å². The number of nitrogens with zero attached hydrogens (tertiary/aromatic N) is 4. The summed E-state index contributed by atoms with van der Waals surface area (Å²) in [5.41, 5.74) is 3.09. The average molecular weight is 460 g/mol. The van der Waals surface area contributed by atoms with Crippen molar-refractivity contribution >= 4 is 50.3 Å². The van der Waals surface area contributed by atoms with Gasteiger partial charge in [-0.05, 0) is 13.8 Å². The number of carboxylic acids is 1. The number of amides is 2. The zero-order valence-electron chi connectivity index (χ0n) is 15.5. The Bertz CT molecular complexity index is 1060. The van der Waals surface area contributed by atoms with E-state index in [1.807, 2.05) is 0 Å². The number of β-lactam (4-membered cyclic amide) rings is 1. The lowest BCUT2D eigenvalue weighted by Gasteiger charge is -2.43. The number of oxime groups is 1. The maximum atomic E-state index is 12.7. The molecule has 5 N–H and O–H groups in total. The molecule has 2 atom stereocenters. The zero-order valence-corrected chi connectivity index (χ0v) is 17.1. The molecule has 2 rings (SSSR count). The number of carbonyl (C=O) groups is 3. The minimum absolute atomic E-state index is 0.0580. The molecular formula is C14H16N6O8S2. The van der Waals surface area contributed by atoms with Crippen LogP contribution in [-0.4, -0.2) is 68.5 Å². The third kappa shape index (κ3) is 4.64. The quantitative estimate of drug-likeness (QED) is 0.155. The molecule has 1 saturated heterocycles. The average Bonchev–Trinajstić information content (AvgIpc) is 3.04. The van der Waals surface area contributed by atoms with Gasteiger partial charge < -0.3 is 21.0 Å². The number of nitriles is 1. The van der Waals surface area contributed by atoms with Gasteiger partial charge >= 0.3 is 16.3 Å². The third-order valence-electron chi connectivity index (χ3n) is 3.86. The number of carbonyl (C=O) groups excluding carboxylic acids is 2. The molecule has 1 aliphatic heterocycles. The van der Waals surface area contributed by atoms with Crippen molar-refractivity contribution in [2.45, 2.75) is 38.0 Å². The SMILES string of the molecule is CC(C)(ON=C(C(=O)N[C@H]1C(=O)N(S(=O)(=O)O)[C@H]1CC#N)c1csc(N)n1)C(=O)O. The lowest BCUT2D eigenvalue weighted by atomic mass is 9.96. The van der Waals surface area contributed by atoms with Gasteiger partial charge in [-0.3, -0.25) is 14.1 Å². The lowest BCUT2D eigenvalue weighted by molar-refractivity contribution is -0.161. The van der Waals surface area contributed by atoms with Crippen molar-refractivity contribution in [3.8, 4) is 6.07 Å². The van der Waals surface area contributed by atoms with Gasteiger partial charge in [0.1, 0.15) is 11.7 Å². The Balaban J connectivity index is 2.32. The van der Waals surface area contributed by atoms with Crippen LogP contribution in [0, 0.1) is 11.3 Å². The highest BCUT2D eigenvalue weighted by atomic mass is 32.2. The van der Waals surface area contributed by atoms with Crippen LogP contribution in [0.25, 0.3) is 0 Å². The summed E-state index contributed by atoms with van der Waals surface area (Å²) in [6, 6.07) is -1.16. The summed E-state index contributed by atoms with van der Waals surface area (Å²) in [4.78, 5) is 44.7. The summed E-state index contributed by atoms with van der Waals surface area (Å²) >= 11 is 0.945. The van der Waals surface area contributed by atoms with Crippen molar-refractivity contribution in [2.75, 3.05) is 5.73 Å². The zero-order chi connectivity index (χ0) is 22.9. The van der Waals surface area contributed by atoms with Gasteiger partial charge in [-0.25, -0.2) is 14.1 Å². The molecule has 2 heterocycles. The van der Waals surface area contributed by atoms with Crippen LogP contribution in [0.1, 0.15) is 26.0 Å². The largest absolute Gasteiger partial charge is 0.478 e. The summed E-state index contributed by atoms with van der Waals surface area (Å²) in [7, 11) is -4.93. The van der Waals surface area contributed by atoms with Crippen molar-refractivity contribution in [1.82, 2.24) is 14.6 Å². The van der Waals surface area contributed by atoms with Crippen LogP contribution in [0.3, 0.4) is 0 Å². The van der Waals surface area contributed by atoms with Gasteiger partial charge in [-0.2, -0.15) is 13.7 Å². The van der Waals surface area contributed by atoms with E-state index in [0.29, 0.717) is 0 Å². The van der Waals surface area contributed by atoms with E-state index in [4.69, 9.17) is 25.5 Å². The first-order valence-electron chi connectivity index (χ1n) is 7.99. The van der Waals surface area contributed by atoms with Crippen molar-refractivity contribution in [3.05, 3.63) is 11.1 Å². The second-order valence-electron chi connectivity index (χ2n) is 6.41. The summed E-state index contributed by atoms with van der Waals surface area (Å²) in [6.07, 6.45) is -0.505. The highest BCUT2D eigenvalue weighted by molar-refractivity contribution is 7.84. The van der Waals surface area contributed by atoms with Gasteiger partial charge in [0.2, 0.25) is 5.60 Å². The molecule has 1 aromatic heterocycles. The number of hydrogen-bond donors (Lipinski definition) is 4. The van der Waals surface area contributed by atoms with Crippen molar-refractivity contribution in [2.24, 2.45) is 5.16 Å². The molecule has 0 saturated carbocycles. The first kappa shape index (κ1) is 23.0. The summed E-state index contributed by atoms with van der Waals surface area (Å²) < 4.78 is 31.8. The topological polar surface area (TPSA) is 225 Å². The van der Waals surface area contributed by atoms with E-state index in [1.165, 1.54) is 19.2 Å². The number of aromatic nitrogens is 1. The molecule has 0 aromatic carbocycles. The molecule has 0 radical (unpaired) electrons. The summed E-state index contributed by atoms with van der Waals surface area (Å²) in [5.74, 6) is -3.62. The van der Waals surface area contributed by atoms with Crippen LogP contribution < -0.4 is 11.1 Å². The fourth-order valence-electron chi connectivity index (χ4n) is 2.26. The van der Waals surface area contributed by atoms with Gasteiger partial charge in [0.25, 0.3) is 11.8 Å². The molecule has 0 bridgehead atoms. The number of aliphatic carboxylic acids is 1. The maximum Gasteiger partial charge on any atom is 0.362 e. The van der Waals surface area contributed by atoms with Crippen molar-refractivity contribution in [3.63, 3.8) is 0 Å². The van der Waals surface area contributed by atoms with Gasteiger partial charge in [-0.1, -0.05) is 5.16 Å². The van der Waals surface area contributed by atoms with Gasteiger partial charge in [0.15, 0.2) is 10.8 Å². The molecule has 1 aliphatic rings.